The maximum Gasteiger partial charge on any atom is 0.0781 e. The van der Waals surface area contributed by atoms with E-state index in [0.717, 1.165) is 6.61 Å². The molecule has 0 aliphatic carbocycles. The minimum Gasteiger partial charge on any atom is -0.373 e. The smallest absolute Gasteiger partial charge is 0.0781 e. The van der Waals surface area contributed by atoms with Crippen LogP contribution in [0.1, 0.15) is 33.6 Å². The molecule has 1 aliphatic heterocycles. The summed E-state index contributed by atoms with van der Waals surface area (Å²) < 4.78 is 4.71. The van der Waals surface area contributed by atoms with Crippen LogP contribution in [0.2, 0.25) is 0 Å². The number of hydrogen-bond acceptors (Lipinski definition) is 1. The van der Waals surface area contributed by atoms with Gasteiger partial charge in [0.25, 0.3) is 0 Å². The summed E-state index contributed by atoms with van der Waals surface area (Å²) in [5, 5.41) is 0. The Bertz CT molecular complexity index is 92.9. The van der Waals surface area contributed by atoms with Gasteiger partial charge in [-0.25, -0.2) is 0 Å². The van der Waals surface area contributed by atoms with E-state index in [1.54, 1.807) is 0 Å². The summed E-state index contributed by atoms with van der Waals surface area (Å²) in [6.45, 7) is 11.0. The molecule has 0 N–H and O–H groups in total. The number of epoxide rings is 1. The monoisotopic (exact) mass is 142 g/mol. The predicted octanol–water partition coefficient (Wildman–Crippen LogP) is 2.77. The number of hydrogen-bond donors (Lipinski definition) is 0. The minimum absolute atomic E-state index is 0.583. The highest BCUT2D eigenvalue weighted by Crippen LogP contribution is 2.04. The summed E-state index contributed by atoms with van der Waals surface area (Å²) in [6, 6.07) is 0. The third-order valence-corrected chi connectivity index (χ3v) is 1.18. The second-order valence-corrected chi connectivity index (χ2v) is 2.85. The van der Waals surface area contributed by atoms with E-state index in [0.29, 0.717) is 6.10 Å². The first kappa shape index (κ1) is 9.70. The van der Waals surface area contributed by atoms with Crippen LogP contribution in [0.25, 0.3) is 0 Å². The lowest BCUT2D eigenvalue weighted by Crippen LogP contribution is -1.66. The molecule has 1 unspecified atom stereocenters. The molecule has 1 fully saturated rings. The van der Waals surface area contributed by atoms with Crippen LogP contribution in [-0.4, -0.2) is 12.7 Å². The molecule has 0 amide bonds. The molecule has 0 radical (unpaired) electrons. The lowest BCUT2D eigenvalue weighted by atomic mass is 10.2. The number of allylic oxidation sites excluding steroid dienone is 1. The van der Waals surface area contributed by atoms with Gasteiger partial charge in [-0.1, -0.05) is 18.9 Å². The number of ether oxygens (including phenoxy) is 1. The molecule has 1 heteroatoms. The van der Waals surface area contributed by atoms with Gasteiger partial charge in [0.05, 0.1) is 12.7 Å². The Labute approximate surface area is 64.1 Å². The van der Waals surface area contributed by atoms with E-state index in [2.05, 4.69) is 27.4 Å². The molecule has 0 aromatic carbocycles. The van der Waals surface area contributed by atoms with Crippen molar-refractivity contribution in [2.45, 2.75) is 39.7 Å². The Balaban J connectivity index is 0.000000172. The molecule has 0 bridgehead atoms. The highest BCUT2D eigenvalue weighted by atomic mass is 16.6. The van der Waals surface area contributed by atoms with Gasteiger partial charge in [0.15, 0.2) is 0 Å². The fourth-order valence-electron chi connectivity index (χ4n) is 0.523. The fourth-order valence-corrected chi connectivity index (χ4v) is 0.523. The Morgan fingerprint density at radius 1 is 1.70 bits per heavy atom. The van der Waals surface area contributed by atoms with Crippen LogP contribution in [0, 0.1) is 0 Å². The van der Waals surface area contributed by atoms with E-state index < -0.39 is 0 Å². The maximum absolute atomic E-state index is 4.71. The predicted molar refractivity (Wildman–Crippen MR) is 45.1 cm³/mol. The molecular formula is C9H18O. The zero-order valence-corrected chi connectivity index (χ0v) is 7.31. The van der Waals surface area contributed by atoms with Crippen LogP contribution in [0.5, 0.6) is 0 Å². The summed E-state index contributed by atoms with van der Waals surface area (Å²) in [4.78, 5) is 0. The van der Waals surface area contributed by atoms with Gasteiger partial charge in [-0.15, -0.1) is 6.58 Å². The van der Waals surface area contributed by atoms with Crippen molar-refractivity contribution in [2.24, 2.45) is 0 Å². The highest BCUT2D eigenvalue weighted by Gasteiger charge is 2.13. The molecule has 1 heterocycles. The first-order chi connectivity index (χ1) is 4.66. The molecule has 1 nitrogen and oxygen atoms in total. The molecule has 1 saturated heterocycles. The van der Waals surface area contributed by atoms with Crippen LogP contribution >= 0.6 is 0 Å². The molecular weight excluding hydrogens is 124 g/mol. The van der Waals surface area contributed by atoms with Crippen molar-refractivity contribution >= 4 is 0 Å². The van der Waals surface area contributed by atoms with Gasteiger partial charge in [-0.05, 0) is 20.3 Å². The Hall–Kier alpha value is -0.300. The second kappa shape index (κ2) is 5.48. The van der Waals surface area contributed by atoms with Gasteiger partial charge >= 0.3 is 0 Å². The van der Waals surface area contributed by atoms with Crippen molar-refractivity contribution in [3.63, 3.8) is 0 Å². The summed E-state index contributed by atoms with van der Waals surface area (Å²) in [5.74, 6) is 0. The average Bonchev–Trinajstić information content (AvgIpc) is 2.52. The van der Waals surface area contributed by atoms with Crippen molar-refractivity contribution in [1.82, 2.24) is 0 Å². The summed E-state index contributed by atoms with van der Waals surface area (Å²) in [6.07, 6.45) is 3.00. The van der Waals surface area contributed by atoms with Crippen LogP contribution in [0.3, 0.4) is 0 Å². The Morgan fingerprint density at radius 3 is 2.10 bits per heavy atom. The fraction of sp³-hybridized carbons (Fsp3) is 0.778. The molecule has 1 aliphatic rings. The van der Waals surface area contributed by atoms with Gasteiger partial charge in [0, 0.05) is 0 Å². The van der Waals surface area contributed by atoms with E-state index in [-0.39, 0.29) is 0 Å². The van der Waals surface area contributed by atoms with Crippen LogP contribution in [0.15, 0.2) is 12.2 Å². The summed E-state index contributed by atoms with van der Waals surface area (Å²) in [7, 11) is 0. The van der Waals surface area contributed by atoms with Crippen molar-refractivity contribution in [3.8, 4) is 0 Å². The quantitative estimate of drug-likeness (QED) is 0.426. The first-order valence-corrected chi connectivity index (χ1v) is 3.92. The van der Waals surface area contributed by atoms with Crippen LogP contribution in [0.4, 0.5) is 0 Å². The van der Waals surface area contributed by atoms with E-state index >= 15 is 0 Å². The zero-order chi connectivity index (χ0) is 7.98. The van der Waals surface area contributed by atoms with E-state index in [4.69, 9.17) is 4.74 Å². The molecule has 0 aromatic heterocycles. The van der Waals surface area contributed by atoms with Gasteiger partial charge in [0.1, 0.15) is 0 Å². The average molecular weight is 142 g/mol. The second-order valence-electron chi connectivity index (χ2n) is 2.85. The molecule has 0 aromatic rings. The van der Waals surface area contributed by atoms with Crippen molar-refractivity contribution in [1.29, 1.82) is 0 Å². The van der Waals surface area contributed by atoms with Gasteiger partial charge in [-0.2, -0.15) is 0 Å². The molecule has 1 rings (SSSR count). The maximum atomic E-state index is 4.71. The van der Waals surface area contributed by atoms with Crippen molar-refractivity contribution in [3.05, 3.63) is 12.2 Å². The molecule has 1 atom stereocenters. The SMILES string of the molecule is C=C(C)CCC.CC1CO1. The lowest BCUT2D eigenvalue weighted by Gasteiger charge is -1.87. The molecule has 0 saturated carbocycles. The van der Waals surface area contributed by atoms with E-state index in [1.807, 2.05) is 0 Å². The third-order valence-electron chi connectivity index (χ3n) is 1.18. The van der Waals surface area contributed by atoms with Crippen LogP contribution < -0.4 is 0 Å². The van der Waals surface area contributed by atoms with E-state index in [1.165, 1.54) is 18.4 Å². The topological polar surface area (TPSA) is 12.5 Å². The van der Waals surface area contributed by atoms with Crippen LogP contribution in [-0.2, 0) is 4.74 Å². The summed E-state index contributed by atoms with van der Waals surface area (Å²) in [5.41, 5.74) is 1.29. The standard InChI is InChI=1S/C6H12.C3H6O/c1-4-5-6(2)3;1-3-2-4-3/h2,4-5H2,1,3H3;3H,2H2,1H3. The van der Waals surface area contributed by atoms with Crippen molar-refractivity contribution in [2.75, 3.05) is 6.61 Å². The van der Waals surface area contributed by atoms with Gasteiger partial charge in [0.2, 0.25) is 0 Å². The highest BCUT2D eigenvalue weighted by molar-refractivity contribution is 4.86. The largest absolute Gasteiger partial charge is 0.373 e. The van der Waals surface area contributed by atoms with Gasteiger partial charge in [-0.3, -0.25) is 0 Å². The zero-order valence-electron chi connectivity index (χ0n) is 7.31. The lowest BCUT2D eigenvalue weighted by molar-refractivity contribution is 0.423. The molecule has 60 valence electrons. The molecule has 10 heavy (non-hydrogen) atoms. The van der Waals surface area contributed by atoms with E-state index in [9.17, 15) is 0 Å². The Morgan fingerprint density at radius 2 is 2.10 bits per heavy atom. The first-order valence-electron chi connectivity index (χ1n) is 3.92. The molecule has 0 spiro atoms. The number of rotatable bonds is 2. The Kier molecular flexibility index (Phi) is 5.32. The van der Waals surface area contributed by atoms with Crippen molar-refractivity contribution < 1.29 is 4.74 Å². The third kappa shape index (κ3) is 10.6. The normalized spacial score (nSPS) is 20.9. The van der Waals surface area contributed by atoms with Gasteiger partial charge < -0.3 is 4.74 Å². The summed E-state index contributed by atoms with van der Waals surface area (Å²) >= 11 is 0. The minimum atomic E-state index is 0.583.